The van der Waals surface area contributed by atoms with Gasteiger partial charge in [-0.15, -0.1) is 0 Å². The van der Waals surface area contributed by atoms with E-state index in [9.17, 15) is 0 Å². The number of fused-ring (bicyclic) bond motifs is 1. The van der Waals surface area contributed by atoms with E-state index in [1.165, 1.54) is 0 Å². The first-order valence-electron chi connectivity index (χ1n) is 4.51. The van der Waals surface area contributed by atoms with Gasteiger partial charge in [-0.3, -0.25) is 0 Å². The molecular weight excluding hydrogens is 178 g/mol. The maximum absolute atomic E-state index is 9.04. The van der Waals surface area contributed by atoms with Gasteiger partial charge in [0.05, 0.1) is 11.0 Å². The number of aliphatic hydroxyl groups excluding tert-OH is 1. The zero-order chi connectivity index (χ0) is 10.1. The van der Waals surface area contributed by atoms with Crippen LogP contribution in [0.25, 0.3) is 11.0 Å². The van der Waals surface area contributed by atoms with E-state index in [1.54, 1.807) is 0 Å². The fraction of sp³-hybridized carbons (Fsp3) is 0.300. The van der Waals surface area contributed by atoms with Gasteiger partial charge >= 0.3 is 0 Å². The van der Waals surface area contributed by atoms with Gasteiger partial charge in [0.1, 0.15) is 12.4 Å². The zero-order valence-corrected chi connectivity index (χ0v) is 8.07. The first-order chi connectivity index (χ1) is 6.76. The number of aromatic nitrogens is 2. The molecule has 4 nitrogen and oxygen atoms in total. The molecule has 1 aromatic heterocycles. The van der Waals surface area contributed by atoms with E-state index in [1.807, 2.05) is 29.8 Å². The zero-order valence-electron chi connectivity index (χ0n) is 8.07. The fourth-order valence-corrected chi connectivity index (χ4v) is 1.55. The summed E-state index contributed by atoms with van der Waals surface area (Å²) >= 11 is 0. The number of aliphatic hydroxyl groups is 1. The summed E-state index contributed by atoms with van der Waals surface area (Å²) in [5, 5.41) is 9.04. The normalized spacial score (nSPS) is 11.1. The molecule has 0 aliphatic heterocycles. The topological polar surface area (TPSA) is 64.1 Å². The monoisotopic (exact) mass is 191 g/mol. The lowest BCUT2D eigenvalue weighted by Crippen LogP contribution is -1.98. The van der Waals surface area contributed by atoms with Crippen molar-refractivity contribution in [2.75, 3.05) is 0 Å². The maximum atomic E-state index is 9.04. The SMILES string of the molecule is Cn1c(CO)nc2ccc(CN)cc21. The number of imidazole rings is 1. The van der Waals surface area contributed by atoms with Crippen molar-refractivity contribution in [1.82, 2.24) is 9.55 Å². The first kappa shape index (κ1) is 9.18. The van der Waals surface area contributed by atoms with Crippen molar-refractivity contribution in [1.29, 1.82) is 0 Å². The van der Waals surface area contributed by atoms with E-state index in [2.05, 4.69) is 4.98 Å². The van der Waals surface area contributed by atoms with E-state index >= 15 is 0 Å². The number of aryl methyl sites for hydroxylation is 1. The Morgan fingerprint density at radius 1 is 1.50 bits per heavy atom. The Bertz CT molecular complexity index is 462. The minimum atomic E-state index is -0.0386. The summed E-state index contributed by atoms with van der Waals surface area (Å²) < 4.78 is 1.88. The molecule has 1 aromatic carbocycles. The molecule has 0 bridgehead atoms. The van der Waals surface area contributed by atoms with Crippen molar-refractivity contribution in [2.24, 2.45) is 12.8 Å². The van der Waals surface area contributed by atoms with Crippen LogP contribution >= 0.6 is 0 Å². The van der Waals surface area contributed by atoms with Crippen LogP contribution in [0.1, 0.15) is 11.4 Å². The van der Waals surface area contributed by atoms with Crippen molar-refractivity contribution in [3.8, 4) is 0 Å². The molecule has 0 atom stereocenters. The summed E-state index contributed by atoms with van der Waals surface area (Å²) in [6.45, 7) is 0.485. The van der Waals surface area contributed by atoms with Gasteiger partial charge in [-0.2, -0.15) is 0 Å². The Balaban J connectivity index is 2.68. The highest BCUT2D eigenvalue weighted by atomic mass is 16.3. The number of benzene rings is 1. The molecule has 0 aliphatic carbocycles. The minimum absolute atomic E-state index is 0.0386. The number of hydrogen-bond acceptors (Lipinski definition) is 3. The molecule has 0 amide bonds. The van der Waals surface area contributed by atoms with Crippen molar-refractivity contribution in [3.05, 3.63) is 29.6 Å². The number of rotatable bonds is 2. The van der Waals surface area contributed by atoms with Crippen LogP contribution in [0.5, 0.6) is 0 Å². The molecule has 2 aromatic rings. The highest BCUT2D eigenvalue weighted by Gasteiger charge is 2.06. The lowest BCUT2D eigenvalue weighted by atomic mass is 10.2. The average molecular weight is 191 g/mol. The molecule has 0 unspecified atom stereocenters. The van der Waals surface area contributed by atoms with E-state index in [4.69, 9.17) is 10.8 Å². The lowest BCUT2D eigenvalue weighted by Gasteiger charge is -1.99. The molecule has 2 rings (SSSR count). The van der Waals surface area contributed by atoms with Crippen molar-refractivity contribution in [3.63, 3.8) is 0 Å². The second kappa shape index (κ2) is 3.40. The highest BCUT2D eigenvalue weighted by molar-refractivity contribution is 5.76. The van der Waals surface area contributed by atoms with Gasteiger partial charge in [0.15, 0.2) is 0 Å². The summed E-state index contributed by atoms with van der Waals surface area (Å²) in [5.41, 5.74) is 8.53. The number of nitrogens with zero attached hydrogens (tertiary/aromatic N) is 2. The molecule has 4 heteroatoms. The van der Waals surface area contributed by atoms with Crippen LogP contribution in [0.3, 0.4) is 0 Å². The van der Waals surface area contributed by atoms with Crippen LogP contribution in [0.15, 0.2) is 18.2 Å². The second-order valence-corrected chi connectivity index (χ2v) is 3.27. The molecule has 14 heavy (non-hydrogen) atoms. The van der Waals surface area contributed by atoms with Gasteiger partial charge in [0, 0.05) is 13.6 Å². The second-order valence-electron chi connectivity index (χ2n) is 3.27. The Hall–Kier alpha value is -1.39. The summed E-state index contributed by atoms with van der Waals surface area (Å²) in [5.74, 6) is 0.675. The third-order valence-electron chi connectivity index (χ3n) is 2.41. The van der Waals surface area contributed by atoms with Crippen molar-refractivity contribution in [2.45, 2.75) is 13.2 Å². The lowest BCUT2D eigenvalue weighted by molar-refractivity contribution is 0.268. The predicted molar refractivity (Wildman–Crippen MR) is 54.5 cm³/mol. The van der Waals surface area contributed by atoms with Crippen LogP contribution in [0, 0.1) is 0 Å². The largest absolute Gasteiger partial charge is 0.388 e. The molecule has 1 heterocycles. The summed E-state index contributed by atoms with van der Waals surface area (Å²) in [6, 6.07) is 5.88. The van der Waals surface area contributed by atoms with E-state index in [-0.39, 0.29) is 6.61 Å². The van der Waals surface area contributed by atoms with Crippen LogP contribution in [-0.4, -0.2) is 14.7 Å². The van der Waals surface area contributed by atoms with Gasteiger partial charge in [-0.05, 0) is 17.7 Å². The Labute approximate surface area is 82.0 Å². The Morgan fingerprint density at radius 3 is 2.93 bits per heavy atom. The smallest absolute Gasteiger partial charge is 0.135 e. The molecule has 74 valence electrons. The standard InChI is InChI=1S/C10H13N3O/c1-13-9-4-7(5-11)2-3-8(9)12-10(13)6-14/h2-4,14H,5-6,11H2,1H3. The molecule has 0 saturated carbocycles. The quantitative estimate of drug-likeness (QED) is 0.727. The minimum Gasteiger partial charge on any atom is -0.388 e. The van der Waals surface area contributed by atoms with Gasteiger partial charge in [-0.25, -0.2) is 4.98 Å². The molecule has 0 saturated heterocycles. The third kappa shape index (κ3) is 1.29. The van der Waals surface area contributed by atoms with Crippen molar-refractivity contribution >= 4 is 11.0 Å². The number of hydrogen-bond donors (Lipinski definition) is 2. The molecule has 0 fully saturated rings. The third-order valence-corrected chi connectivity index (χ3v) is 2.41. The first-order valence-corrected chi connectivity index (χ1v) is 4.51. The Kier molecular flexibility index (Phi) is 2.23. The number of nitrogens with two attached hydrogens (primary N) is 1. The van der Waals surface area contributed by atoms with Crippen LogP contribution in [-0.2, 0) is 20.2 Å². The van der Waals surface area contributed by atoms with Gasteiger partial charge in [0.25, 0.3) is 0 Å². The maximum Gasteiger partial charge on any atom is 0.135 e. The van der Waals surface area contributed by atoms with Gasteiger partial charge < -0.3 is 15.4 Å². The van der Waals surface area contributed by atoms with Crippen LogP contribution in [0.4, 0.5) is 0 Å². The van der Waals surface area contributed by atoms with Gasteiger partial charge in [0.2, 0.25) is 0 Å². The van der Waals surface area contributed by atoms with E-state index in [0.29, 0.717) is 12.4 Å². The average Bonchev–Trinajstić information content (AvgIpc) is 2.55. The van der Waals surface area contributed by atoms with Crippen LogP contribution in [0.2, 0.25) is 0 Å². The fourth-order valence-electron chi connectivity index (χ4n) is 1.55. The molecule has 0 spiro atoms. The van der Waals surface area contributed by atoms with E-state index in [0.717, 1.165) is 16.6 Å². The molecule has 3 N–H and O–H groups in total. The predicted octanol–water partition coefficient (Wildman–Crippen LogP) is 0.524. The molecule has 0 aliphatic rings. The summed E-state index contributed by atoms with van der Waals surface area (Å²) in [7, 11) is 1.89. The van der Waals surface area contributed by atoms with E-state index < -0.39 is 0 Å². The molecular formula is C10H13N3O. The Morgan fingerprint density at radius 2 is 2.29 bits per heavy atom. The van der Waals surface area contributed by atoms with Gasteiger partial charge in [-0.1, -0.05) is 6.07 Å². The van der Waals surface area contributed by atoms with Crippen LogP contribution < -0.4 is 5.73 Å². The molecule has 0 radical (unpaired) electrons. The summed E-state index contributed by atoms with van der Waals surface area (Å²) in [4.78, 5) is 4.28. The summed E-state index contributed by atoms with van der Waals surface area (Å²) in [6.07, 6.45) is 0. The highest BCUT2D eigenvalue weighted by Crippen LogP contribution is 2.16. The van der Waals surface area contributed by atoms with Crippen molar-refractivity contribution < 1.29 is 5.11 Å².